The van der Waals surface area contributed by atoms with Gasteiger partial charge >= 0.3 is 0 Å². The summed E-state index contributed by atoms with van der Waals surface area (Å²) in [5.74, 6) is 0.600. The van der Waals surface area contributed by atoms with Crippen molar-refractivity contribution in [3.63, 3.8) is 0 Å². The Kier molecular flexibility index (Phi) is 5.79. The predicted molar refractivity (Wildman–Crippen MR) is 108 cm³/mol. The third kappa shape index (κ3) is 4.12. The van der Waals surface area contributed by atoms with Crippen LogP contribution in [0.2, 0.25) is 0 Å². The van der Waals surface area contributed by atoms with Crippen molar-refractivity contribution < 1.29 is 19.4 Å². The second-order valence-electron chi connectivity index (χ2n) is 8.73. The first-order chi connectivity index (χ1) is 14.0. The Morgan fingerprint density at radius 1 is 1.17 bits per heavy atom. The van der Waals surface area contributed by atoms with Gasteiger partial charge in [0.25, 0.3) is 0 Å². The number of aliphatic hydroxyl groups excluding tert-OH is 1. The van der Waals surface area contributed by atoms with Crippen LogP contribution in [0.15, 0.2) is 24.3 Å². The Balaban J connectivity index is 1.57. The van der Waals surface area contributed by atoms with Crippen LogP contribution >= 0.6 is 0 Å². The van der Waals surface area contributed by atoms with E-state index in [4.69, 9.17) is 4.74 Å². The molecule has 1 aliphatic carbocycles. The maximum Gasteiger partial charge on any atom is 0.237 e. The van der Waals surface area contributed by atoms with Gasteiger partial charge in [0.05, 0.1) is 31.7 Å². The van der Waals surface area contributed by atoms with E-state index in [0.29, 0.717) is 13.0 Å². The third-order valence-corrected chi connectivity index (χ3v) is 6.65. The highest BCUT2D eigenvalue weighted by Gasteiger charge is 2.49. The fourth-order valence-corrected chi connectivity index (χ4v) is 5.19. The highest BCUT2D eigenvalue weighted by Crippen LogP contribution is 2.43. The number of carbonyl (C=O) groups excluding carboxylic acids is 2. The summed E-state index contributed by atoms with van der Waals surface area (Å²) in [6, 6.07) is 7.63. The minimum absolute atomic E-state index is 0.0251. The van der Waals surface area contributed by atoms with Crippen molar-refractivity contribution in [1.82, 2.24) is 15.1 Å². The van der Waals surface area contributed by atoms with Gasteiger partial charge in [-0.25, -0.2) is 0 Å². The smallest absolute Gasteiger partial charge is 0.237 e. The fraction of sp³-hybridized carbons (Fsp3) is 0.636. The van der Waals surface area contributed by atoms with E-state index < -0.39 is 0 Å². The number of aliphatic hydroxyl groups is 1. The summed E-state index contributed by atoms with van der Waals surface area (Å²) < 4.78 is 5.27. The molecule has 7 heteroatoms. The summed E-state index contributed by atoms with van der Waals surface area (Å²) in [6.07, 6.45) is 3.51. The summed E-state index contributed by atoms with van der Waals surface area (Å²) in [4.78, 5) is 30.2. The SMILES string of the molecule is COc1ccc([C@@H]2[C@H](C(=O)NC3CCC(O)CC3)C[C@@H]3CN(C)CC(=O)N32)cc1. The predicted octanol–water partition coefficient (Wildman–Crippen LogP) is 1.32. The molecule has 29 heavy (non-hydrogen) atoms. The van der Waals surface area contributed by atoms with Crippen LogP contribution in [0.5, 0.6) is 5.75 Å². The molecule has 0 aromatic heterocycles. The Bertz CT molecular complexity index is 745. The van der Waals surface area contributed by atoms with Gasteiger partial charge in [-0.3, -0.25) is 14.5 Å². The molecule has 3 fully saturated rings. The molecule has 1 saturated carbocycles. The number of piperazine rings is 1. The average molecular weight is 402 g/mol. The van der Waals surface area contributed by atoms with E-state index in [1.807, 2.05) is 41.1 Å². The molecule has 2 saturated heterocycles. The molecule has 0 radical (unpaired) electrons. The van der Waals surface area contributed by atoms with Crippen molar-refractivity contribution in [3.8, 4) is 5.75 Å². The Morgan fingerprint density at radius 2 is 1.86 bits per heavy atom. The molecular weight excluding hydrogens is 370 g/mol. The van der Waals surface area contributed by atoms with Crippen molar-refractivity contribution in [2.24, 2.45) is 5.92 Å². The van der Waals surface area contributed by atoms with Crippen molar-refractivity contribution in [2.45, 2.75) is 56.3 Å². The number of hydrogen-bond acceptors (Lipinski definition) is 5. The second-order valence-corrected chi connectivity index (χ2v) is 8.73. The molecular formula is C22H31N3O4. The zero-order valence-corrected chi connectivity index (χ0v) is 17.2. The number of hydrogen-bond donors (Lipinski definition) is 2. The van der Waals surface area contributed by atoms with Crippen LogP contribution in [-0.2, 0) is 9.59 Å². The number of rotatable bonds is 4. The molecule has 3 aliphatic rings. The summed E-state index contributed by atoms with van der Waals surface area (Å²) in [5.41, 5.74) is 0.977. The van der Waals surface area contributed by atoms with Crippen LogP contribution in [0.25, 0.3) is 0 Å². The van der Waals surface area contributed by atoms with E-state index in [1.165, 1.54) is 0 Å². The molecule has 1 aromatic rings. The number of carbonyl (C=O) groups is 2. The molecule has 158 valence electrons. The van der Waals surface area contributed by atoms with Crippen LogP contribution in [0.3, 0.4) is 0 Å². The lowest BCUT2D eigenvalue weighted by Gasteiger charge is -2.38. The van der Waals surface area contributed by atoms with Gasteiger partial charge in [0.1, 0.15) is 5.75 Å². The number of nitrogens with one attached hydrogen (secondary N) is 1. The summed E-state index contributed by atoms with van der Waals surface area (Å²) in [5, 5.41) is 12.9. The molecule has 2 amide bonds. The van der Waals surface area contributed by atoms with Crippen LogP contribution < -0.4 is 10.1 Å². The van der Waals surface area contributed by atoms with E-state index in [-0.39, 0.29) is 42.0 Å². The van der Waals surface area contributed by atoms with Gasteiger partial charge in [-0.2, -0.15) is 0 Å². The molecule has 3 atom stereocenters. The minimum Gasteiger partial charge on any atom is -0.497 e. The fourth-order valence-electron chi connectivity index (χ4n) is 5.19. The first kappa shape index (κ1) is 20.2. The quantitative estimate of drug-likeness (QED) is 0.795. The molecule has 0 bridgehead atoms. The Hall–Kier alpha value is -2.12. The molecule has 0 spiro atoms. The maximum absolute atomic E-state index is 13.3. The van der Waals surface area contributed by atoms with E-state index in [2.05, 4.69) is 5.32 Å². The highest BCUT2D eigenvalue weighted by molar-refractivity contribution is 5.85. The van der Waals surface area contributed by atoms with Gasteiger partial charge in [0.15, 0.2) is 0 Å². The molecule has 4 rings (SSSR count). The number of ether oxygens (including phenoxy) is 1. The van der Waals surface area contributed by atoms with Crippen molar-refractivity contribution in [1.29, 1.82) is 0 Å². The maximum atomic E-state index is 13.3. The topological polar surface area (TPSA) is 82.1 Å². The highest BCUT2D eigenvalue weighted by atomic mass is 16.5. The Labute approximate surface area is 172 Å². The van der Waals surface area contributed by atoms with Crippen LogP contribution in [-0.4, -0.2) is 72.2 Å². The molecule has 1 aromatic carbocycles. The normalized spacial score (nSPS) is 32.7. The molecule has 2 heterocycles. The standard InChI is InChI=1S/C22H31N3O4/c1-24-12-16-11-19(22(28)23-15-5-7-17(26)8-6-15)21(25(16)20(27)13-24)14-3-9-18(29-2)10-4-14/h3-4,9-10,15-17,19,21,26H,5-8,11-13H2,1-2H3,(H,23,28)/t15?,16-,17?,19-,21-/m1/s1. The second kappa shape index (κ2) is 8.32. The number of nitrogens with zero attached hydrogens (tertiary/aromatic N) is 2. The first-order valence-corrected chi connectivity index (χ1v) is 10.6. The number of benzene rings is 1. The minimum atomic E-state index is -0.268. The largest absolute Gasteiger partial charge is 0.497 e. The van der Waals surface area contributed by atoms with Crippen molar-refractivity contribution in [3.05, 3.63) is 29.8 Å². The number of methoxy groups -OCH3 is 1. The van der Waals surface area contributed by atoms with Gasteiger partial charge in [-0.15, -0.1) is 0 Å². The summed E-state index contributed by atoms with van der Waals surface area (Å²) in [6.45, 7) is 1.18. The molecule has 2 N–H and O–H groups in total. The number of fused-ring (bicyclic) bond motifs is 1. The average Bonchev–Trinajstić information content (AvgIpc) is 3.09. The van der Waals surface area contributed by atoms with Crippen molar-refractivity contribution in [2.75, 3.05) is 27.2 Å². The lowest BCUT2D eigenvalue weighted by atomic mass is 9.89. The third-order valence-electron chi connectivity index (χ3n) is 6.65. The van der Waals surface area contributed by atoms with Crippen LogP contribution in [0.1, 0.15) is 43.7 Å². The monoisotopic (exact) mass is 401 g/mol. The molecule has 0 unspecified atom stereocenters. The van der Waals surface area contributed by atoms with Crippen LogP contribution in [0.4, 0.5) is 0 Å². The number of likely N-dealkylation sites (N-methyl/N-ethyl adjacent to an activating group) is 1. The Morgan fingerprint density at radius 3 is 2.52 bits per heavy atom. The zero-order valence-electron chi connectivity index (χ0n) is 17.2. The molecule has 2 aliphatic heterocycles. The zero-order chi connectivity index (χ0) is 20.5. The molecule has 7 nitrogen and oxygen atoms in total. The van der Waals surface area contributed by atoms with E-state index in [1.54, 1.807) is 7.11 Å². The van der Waals surface area contributed by atoms with Gasteiger partial charge in [0.2, 0.25) is 11.8 Å². The van der Waals surface area contributed by atoms with Crippen molar-refractivity contribution >= 4 is 11.8 Å². The summed E-state index contributed by atoms with van der Waals surface area (Å²) in [7, 11) is 3.58. The van der Waals surface area contributed by atoms with E-state index in [9.17, 15) is 14.7 Å². The van der Waals surface area contributed by atoms with Crippen LogP contribution in [0, 0.1) is 5.92 Å². The van der Waals surface area contributed by atoms with E-state index in [0.717, 1.165) is 43.5 Å². The van der Waals surface area contributed by atoms with E-state index >= 15 is 0 Å². The summed E-state index contributed by atoms with van der Waals surface area (Å²) >= 11 is 0. The lowest BCUT2D eigenvalue weighted by molar-refractivity contribution is -0.140. The van der Waals surface area contributed by atoms with Gasteiger partial charge in [-0.05, 0) is 56.8 Å². The van der Waals surface area contributed by atoms with Gasteiger partial charge < -0.3 is 20.1 Å². The number of amides is 2. The first-order valence-electron chi connectivity index (χ1n) is 10.6. The lowest BCUT2D eigenvalue weighted by Crippen LogP contribution is -2.53. The van der Waals surface area contributed by atoms with Gasteiger partial charge in [-0.1, -0.05) is 12.1 Å². The van der Waals surface area contributed by atoms with Gasteiger partial charge in [0, 0.05) is 18.6 Å².